The molecular formula is C12H17N5O3S. The molecule has 1 heterocycles. The quantitative estimate of drug-likeness (QED) is 0.549. The van der Waals surface area contributed by atoms with Gasteiger partial charge in [-0.3, -0.25) is 9.78 Å². The van der Waals surface area contributed by atoms with Gasteiger partial charge < -0.3 is 11.1 Å². The number of nitrogen functional groups attached to an aromatic ring is 1. The number of nitrogens with one attached hydrogen (secondary N) is 3. The van der Waals surface area contributed by atoms with Gasteiger partial charge in [0.15, 0.2) is 0 Å². The molecule has 0 spiro atoms. The predicted octanol–water partition coefficient (Wildman–Crippen LogP) is -0.144. The summed E-state index contributed by atoms with van der Waals surface area (Å²) in [5, 5.41) is 3.18. The molecule has 2 rings (SSSR count). The van der Waals surface area contributed by atoms with Gasteiger partial charge in [-0.25, -0.2) is 18.1 Å². The first-order chi connectivity index (χ1) is 9.91. The Labute approximate surface area is 121 Å². The van der Waals surface area contributed by atoms with Crippen molar-refractivity contribution in [2.75, 3.05) is 29.9 Å². The highest BCUT2D eigenvalue weighted by Gasteiger charge is 2.09. The first-order valence-electron chi connectivity index (χ1n) is 6.42. The zero-order valence-electron chi connectivity index (χ0n) is 11.5. The van der Waals surface area contributed by atoms with Crippen LogP contribution in [0.5, 0.6) is 0 Å². The molecule has 0 atom stereocenters. The third-order valence-corrected chi connectivity index (χ3v) is 4.23. The minimum absolute atomic E-state index is 0.107. The van der Waals surface area contributed by atoms with Gasteiger partial charge in [0.05, 0.1) is 16.7 Å². The summed E-state index contributed by atoms with van der Waals surface area (Å²) in [5.41, 5.74) is 6.26. The van der Waals surface area contributed by atoms with E-state index in [-0.39, 0.29) is 23.8 Å². The number of nitrogens with two attached hydrogens (primary N) is 1. The van der Waals surface area contributed by atoms with Crippen molar-refractivity contribution in [1.82, 2.24) is 14.7 Å². The maximum atomic E-state index is 11.9. The fraction of sp³-hybridized carbons (Fsp3) is 0.333. The summed E-state index contributed by atoms with van der Waals surface area (Å²) >= 11 is 0. The number of H-pyrrole nitrogens is 1. The average Bonchev–Trinajstić information content (AvgIpc) is 2.39. The summed E-state index contributed by atoms with van der Waals surface area (Å²) in [7, 11) is -3.31. The van der Waals surface area contributed by atoms with Crippen molar-refractivity contribution >= 4 is 32.6 Å². The lowest BCUT2D eigenvalue weighted by molar-refractivity contribution is 0.584. The molecule has 2 aromatic rings. The fourth-order valence-corrected chi connectivity index (χ4v) is 2.79. The van der Waals surface area contributed by atoms with Crippen molar-refractivity contribution in [3.63, 3.8) is 0 Å². The van der Waals surface area contributed by atoms with E-state index in [1.54, 1.807) is 25.1 Å². The Morgan fingerprint density at radius 2 is 2.14 bits per heavy atom. The Bertz CT molecular complexity index is 800. The number of benzene rings is 1. The molecule has 0 saturated heterocycles. The standard InChI is InChI=1S/C12H17N5O3S/c1-2-15-21(19,20)6-5-14-12-16-10-4-3-8(13)7-9(10)11(18)17-12/h3-4,7,15H,2,5-6,13H2,1H3,(H2,14,16,17,18). The molecule has 0 bridgehead atoms. The average molecular weight is 311 g/mol. The Morgan fingerprint density at radius 1 is 1.38 bits per heavy atom. The van der Waals surface area contributed by atoms with Crippen LogP contribution < -0.4 is 21.3 Å². The van der Waals surface area contributed by atoms with Crippen molar-refractivity contribution in [2.45, 2.75) is 6.92 Å². The summed E-state index contributed by atoms with van der Waals surface area (Å²) in [4.78, 5) is 18.6. The van der Waals surface area contributed by atoms with Crippen LogP contribution in [0.4, 0.5) is 11.6 Å². The van der Waals surface area contributed by atoms with E-state index >= 15 is 0 Å². The molecule has 0 aliphatic heterocycles. The van der Waals surface area contributed by atoms with E-state index in [2.05, 4.69) is 20.0 Å². The molecule has 1 aromatic heterocycles. The Hall–Kier alpha value is -2.13. The molecule has 0 aliphatic carbocycles. The molecular weight excluding hydrogens is 294 g/mol. The maximum Gasteiger partial charge on any atom is 0.260 e. The van der Waals surface area contributed by atoms with Crippen LogP contribution >= 0.6 is 0 Å². The van der Waals surface area contributed by atoms with Crippen LogP contribution in [0.2, 0.25) is 0 Å². The van der Waals surface area contributed by atoms with Crippen molar-refractivity contribution < 1.29 is 8.42 Å². The number of hydrogen-bond acceptors (Lipinski definition) is 6. The molecule has 21 heavy (non-hydrogen) atoms. The second-order valence-electron chi connectivity index (χ2n) is 4.43. The van der Waals surface area contributed by atoms with Crippen LogP contribution in [0.15, 0.2) is 23.0 Å². The normalized spacial score (nSPS) is 11.7. The molecule has 0 saturated carbocycles. The number of aromatic amines is 1. The smallest absolute Gasteiger partial charge is 0.260 e. The van der Waals surface area contributed by atoms with Crippen molar-refractivity contribution in [3.8, 4) is 0 Å². The van der Waals surface area contributed by atoms with Crippen molar-refractivity contribution in [3.05, 3.63) is 28.6 Å². The van der Waals surface area contributed by atoms with E-state index < -0.39 is 10.0 Å². The molecule has 0 radical (unpaired) electrons. The SMILES string of the molecule is CCNS(=O)(=O)CCNc1nc2ccc(N)cc2c(=O)[nH]1. The van der Waals surface area contributed by atoms with Crippen molar-refractivity contribution in [1.29, 1.82) is 0 Å². The van der Waals surface area contributed by atoms with Crippen LogP contribution in [0.1, 0.15) is 6.92 Å². The molecule has 0 unspecified atom stereocenters. The van der Waals surface area contributed by atoms with Crippen LogP contribution in [-0.4, -0.2) is 37.2 Å². The number of hydrogen-bond donors (Lipinski definition) is 4. The van der Waals surface area contributed by atoms with E-state index in [1.807, 2.05) is 0 Å². The lowest BCUT2D eigenvalue weighted by Gasteiger charge is -2.07. The van der Waals surface area contributed by atoms with E-state index in [0.717, 1.165) is 0 Å². The molecule has 5 N–H and O–H groups in total. The second-order valence-corrected chi connectivity index (χ2v) is 6.36. The van der Waals surface area contributed by atoms with Gasteiger partial charge in [-0.05, 0) is 18.2 Å². The monoisotopic (exact) mass is 311 g/mol. The first kappa shape index (κ1) is 15.3. The zero-order chi connectivity index (χ0) is 15.5. The Kier molecular flexibility index (Phi) is 4.43. The molecule has 0 aliphatic rings. The van der Waals surface area contributed by atoms with E-state index in [9.17, 15) is 13.2 Å². The number of aromatic nitrogens is 2. The largest absolute Gasteiger partial charge is 0.399 e. The van der Waals surface area contributed by atoms with Gasteiger partial charge in [-0.1, -0.05) is 6.92 Å². The van der Waals surface area contributed by atoms with E-state index in [1.165, 1.54) is 0 Å². The van der Waals surface area contributed by atoms with Crippen LogP contribution in [0.3, 0.4) is 0 Å². The second kappa shape index (κ2) is 6.10. The third kappa shape index (κ3) is 3.92. The van der Waals surface area contributed by atoms with Gasteiger partial charge in [0.1, 0.15) is 0 Å². The van der Waals surface area contributed by atoms with Gasteiger partial charge in [0.2, 0.25) is 16.0 Å². The molecule has 0 amide bonds. The molecule has 0 fully saturated rings. The molecule has 1 aromatic carbocycles. The topological polar surface area (TPSA) is 130 Å². The number of fused-ring (bicyclic) bond motifs is 1. The summed E-state index contributed by atoms with van der Waals surface area (Å²) in [6, 6.07) is 4.83. The predicted molar refractivity (Wildman–Crippen MR) is 82.7 cm³/mol. The van der Waals surface area contributed by atoms with Gasteiger partial charge in [-0.15, -0.1) is 0 Å². The summed E-state index contributed by atoms with van der Waals surface area (Å²) < 4.78 is 25.3. The summed E-state index contributed by atoms with van der Waals surface area (Å²) in [6.07, 6.45) is 0. The number of nitrogens with zero attached hydrogens (tertiary/aromatic N) is 1. The number of rotatable bonds is 6. The molecule has 114 valence electrons. The van der Waals surface area contributed by atoms with E-state index in [0.29, 0.717) is 23.1 Å². The Morgan fingerprint density at radius 3 is 2.86 bits per heavy atom. The maximum absolute atomic E-state index is 11.9. The highest BCUT2D eigenvalue weighted by molar-refractivity contribution is 7.89. The van der Waals surface area contributed by atoms with Gasteiger partial charge in [0.25, 0.3) is 5.56 Å². The van der Waals surface area contributed by atoms with Crippen LogP contribution in [-0.2, 0) is 10.0 Å². The third-order valence-electron chi connectivity index (χ3n) is 2.76. The lowest BCUT2D eigenvalue weighted by Crippen LogP contribution is -2.29. The van der Waals surface area contributed by atoms with Gasteiger partial charge >= 0.3 is 0 Å². The molecule has 9 heteroatoms. The van der Waals surface area contributed by atoms with Gasteiger partial charge in [0, 0.05) is 18.8 Å². The first-order valence-corrected chi connectivity index (χ1v) is 8.07. The van der Waals surface area contributed by atoms with Crippen molar-refractivity contribution in [2.24, 2.45) is 0 Å². The van der Waals surface area contributed by atoms with Gasteiger partial charge in [-0.2, -0.15) is 0 Å². The minimum Gasteiger partial charge on any atom is -0.399 e. The highest BCUT2D eigenvalue weighted by atomic mass is 32.2. The summed E-state index contributed by atoms with van der Waals surface area (Å²) in [6.45, 7) is 2.19. The van der Waals surface area contributed by atoms with E-state index in [4.69, 9.17) is 5.73 Å². The Balaban J connectivity index is 2.13. The summed E-state index contributed by atoms with van der Waals surface area (Å²) in [5.74, 6) is 0.119. The minimum atomic E-state index is -3.31. The fourth-order valence-electron chi connectivity index (χ4n) is 1.84. The highest BCUT2D eigenvalue weighted by Crippen LogP contribution is 2.12. The lowest BCUT2D eigenvalue weighted by atomic mass is 10.2. The zero-order valence-corrected chi connectivity index (χ0v) is 12.3. The number of sulfonamides is 1. The van der Waals surface area contributed by atoms with Crippen LogP contribution in [0.25, 0.3) is 10.9 Å². The van der Waals surface area contributed by atoms with Crippen LogP contribution in [0, 0.1) is 0 Å². The number of anilines is 2. The molecule has 8 nitrogen and oxygen atoms in total.